The van der Waals surface area contributed by atoms with Crippen LogP contribution in [0.15, 0.2) is 4.99 Å². The van der Waals surface area contributed by atoms with Crippen molar-refractivity contribution in [3.05, 3.63) is 0 Å². The molecule has 0 aromatic carbocycles. The van der Waals surface area contributed by atoms with E-state index < -0.39 is 0 Å². The Labute approximate surface area is 115 Å². The minimum atomic E-state index is -0.184. The molecule has 0 radical (unpaired) electrons. The smallest absolute Gasteiger partial charge is 0.244 e. The van der Waals surface area contributed by atoms with Crippen molar-refractivity contribution < 1.29 is 4.79 Å². The first-order valence-electron chi connectivity index (χ1n) is 6.88. The second kappa shape index (κ2) is 7.67. The lowest BCUT2D eigenvalue weighted by molar-refractivity contribution is -0.132. The Morgan fingerprint density at radius 2 is 2.17 bits per heavy atom. The van der Waals surface area contributed by atoms with Gasteiger partial charge in [-0.15, -0.1) is 0 Å². The van der Waals surface area contributed by atoms with Crippen molar-refractivity contribution in [2.75, 3.05) is 19.6 Å². The van der Waals surface area contributed by atoms with E-state index in [0.717, 1.165) is 24.8 Å². The molecule has 0 saturated heterocycles. The van der Waals surface area contributed by atoms with E-state index in [0.29, 0.717) is 5.25 Å². The minimum Gasteiger partial charge on any atom is -0.353 e. The van der Waals surface area contributed by atoms with Crippen molar-refractivity contribution in [1.82, 2.24) is 10.2 Å². The van der Waals surface area contributed by atoms with Gasteiger partial charge in [-0.1, -0.05) is 25.1 Å². The number of hydrogen-bond acceptors (Lipinski definition) is 4. The van der Waals surface area contributed by atoms with Gasteiger partial charge in [-0.3, -0.25) is 9.79 Å². The number of amidine groups is 1. The van der Waals surface area contributed by atoms with Crippen molar-refractivity contribution >= 4 is 22.8 Å². The van der Waals surface area contributed by atoms with Crippen molar-refractivity contribution in [2.45, 2.75) is 51.8 Å². The third kappa shape index (κ3) is 4.19. The number of likely N-dealkylation sites (N-methyl/N-ethyl adjacent to an activating group) is 1. The first kappa shape index (κ1) is 15.3. The van der Waals surface area contributed by atoms with Gasteiger partial charge < -0.3 is 10.2 Å². The molecule has 104 valence electrons. The summed E-state index contributed by atoms with van der Waals surface area (Å²) < 4.78 is 0. The summed E-state index contributed by atoms with van der Waals surface area (Å²) in [5.41, 5.74) is 0. The number of nitrogens with one attached hydrogen (secondary N) is 1. The highest BCUT2D eigenvalue weighted by Crippen LogP contribution is 2.23. The molecule has 0 saturated carbocycles. The van der Waals surface area contributed by atoms with Crippen molar-refractivity contribution in [1.29, 1.82) is 0 Å². The lowest BCUT2D eigenvalue weighted by Gasteiger charge is -2.23. The summed E-state index contributed by atoms with van der Waals surface area (Å²) >= 11 is 1.78. The average Bonchev–Trinajstić information content (AvgIpc) is 2.78. The Morgan fingerprint density at radius 3 is 2.72 bits per heavy atom. The predicted molar refractivity (Wildman–Crippen MR) is 79.1 cm³/mol. The molecule has 0 fully saturated rings. The van der Waals surface area contributed by atoms with Crippen LogP contribution in [0.25, 0.3) is 0 Å². The molecule has 1 amide bonds. The SMILES string of the molecule is CCCC1CN=C(NC(C)C(=O)N(CC)CC)S1. The number of hydrogen-bond donors (Lipinski definition) is 1. The van der Waals surface area contributed by atoms with Crippen LogP contribution in [-0.4, -0.2) is 46.9 Å². The highest BCUT2D eigenvalue weighted by atomic mass is 32.2. The van der Waals surface area contributed by atoms with Gasteiger partial charge in [0, 0.05) is 18.3 Å². The van der Waals surface area contributed by atoms with Crippen LogP contribution in [0.2, 0.25) is 0 Å². The Morgan fingerprint density at radius 1 is 1.50 bits per heavy atom. The average molecular weight is 271 g/mol. The zero-order valence-corrected chi connectivity index (χ0v) is 12.7. The molecule has 18 heavy (non-hydrogen) atoms. The minimum absolute atomic E-state index is 0.155. The van der Waals surface area contributed by atoms with E-state index >= 15 is 0 Å². The van der Waals surface area contributed by atoms with Gasteiger partial charge in [-0.05, 0) is 27.2 Å². The molecule has 1 aliphatic rings. The van der Waals surface area contributed by atoms with E-state index in [1.165, 1.54) is 12.8 Å². The van der Waals surface area contributed by atoms with Crippen molar-refractivity contribution in [3.63, 3.8) is 0 Å². The summed E-state index contributed by atoms with van der Waals surface area (Å²) in [6, 6.07) is -0.184. The Bertz CT molecular complexity index is 303. The molecule has 0 spiro atoms. The molecule has 5 heteroatoms. The van der Waals surface area contributed by atoms with Gasteiger partial charge >= 0.3 is 0 Å². The van der Waals surface area contributed by atoms with Crippen LogP contribution < -0.4 is 5.32 Å². The summed E-state index contributed by atoms with van der Waals surface area (Å²) in [6.07, 6.45) is 2.38. The fourth-order valence-electron chi connectivity index (χ4n) is 2.03. The van der Waals surface area contributed by atoms with Gasteiger partial charge in [0.2, 0.25) is 5.91 Å². The predicted octanol–water partition coefficient (Wildman–Crippen LogP) is 2.10. The lowest BCUT2D eigenvalue weighted by Crippen LogP contribution is -2.46. The van der Waals surface area contributed by atoms with Gasteiger partial charge in [0.25, 0.3) is 0 Å². The van der Waals surface area contributed by atoms with Crippen LogP contribution in [0.4, 0.5) is 0 Å². The number of carbonyl (C=O) groups excluding carboxylic acids is 1. The molecule has 0 aliphatic carbocycles. The number of aliphatic imine (C=N–C) groups is 1. The maximum Gasteiger partial charge on any atom is 0.244 e. The normalized spacial score (nSPS) is 20.4. The standard InChI is InChI=1S/C13H25N3OS/c1-5-8-11-9-14-13(18-11)15-10(4)12(17)16(6-2)7-3/h10-11H,5-9H2,1-4H3,(H,14,15). The largest absolute Gasteiger partial charge is 0.353 e. The summed E-state index contributed by atoms with van der Waals surface area (Å²) in [4.78, 5) is 18.4. The number of rotatable bonds is 6. The number of amides is 1. The Hall–Kier alpha value is -0.710. The Kier molecular flexibility index (Phi) is 6.54. The molecule has 4 nitrogen and oxygen atoms in total. The second-order valence-corrected chi connectivity index (χ2v) is 5.84. The van der Waals surface area contributed by atoms with E-state index in [9.17, 15) is 4.79 Å². The number of thioether (sulfide) groups is 1. The maximum absolute atomic E-state index is 12.1. The maximum atomic E-state index is 12.1. The first-order chi connectivity index (χ1) is 8.62. The molecule has 1 heterocycles. The number of nitrogens with zero attached hydrogens (tertiary/aromatic N) is 2. The van der Waals surface area contributed by atoms with Crippen LogP contribution in [0, 0.1) is 0 Å². The lowest BCUT2D eigenvalue weighted by atomic mass is 10.2. The van der Waals surface area contributed by atoms with E-state index in [2.05, 4.69) is 17.2 Å². The van der Waals surface area contributed by atoms with Gasteiger partial charge in [-0.2, -0.15) is 0 Å². The molecular formula is C13H25N3OS. The third-order valence-corrected chi connectivity index (χ3v) is 4.30. The van der Waals surface area contributed by atoms with Crippen molar-refractivity contribution in [2.24, 2.45) is 4.99 Å². The highest BCUT2D eigenvalue weighted by molar-refractivity contribution is 8.14. The first-order valence-corrected chi connectivity index (χ1v) is 7.76. The molecule has 1 rings (SSSR count). The summed E-state index contributed by atoms with van der Waals surface area (Å²) in [5, 5.41) is 4.76. The fourth-order valence-corrected chi connectivity index (χ4v) is 3.24. The van der Waals surface area contributed by atoms with Gasteiger partial charge in [0.1, 0.15) is 6.04 Å². The van der Waals surface area contributed by atoms with Crippen LogP contribution >= 0.6 is 11.8 Å². The zero-order valence-electron chi connectivity index (χ0n) is 11.9. The molecule has 0 aromatic heterocycles. The highest BCUT2D eigenvalue weighted by Gasteiger charge is 2.23. The molecular weight excluding hydrogens is 246 g/mol. The van der Waals surface area contributed by atoms with Crippen LogP contribution in [0.3, 0.4) is 0 Å². The molecule has 2 atom stereocenters. The third-order valence-electron chi connectivity index (χ3n) is 3.11. The number of carbonyl (C=O) groups is 1. The fraction of sp³-hybridized carbons (Fsp3) is 0.846. The van der Waals surface area contributed by atoms with Gasteiger partial charge in [-0.25, -0.2) is 0 Å². The molecule has 2 unspecified atom stereocenters. The second-order valence-electron chi connectivity index (χ2n) is 4.55. The molecule has 1 aliphatic heterocycles. The quantitative estimate of drug-likeness (QED) is 0.804. The molecule has 1 N–H and O–H groups in total. The molecule has 0 bridgehead atoms. The topological polar surface area (TPSA) is 44.7 Å². The van der Waals surface area contributed by atoms with E-state index in [1.807, 2.05) is 25.7 Å². The zero-order chi connectivity index (χ0) is 13.5. The van der Waals surface area contributed by atoms with Crippen molar-refractivity contribution in [3.8, 4) is 0 Å². The van der Waals surface area contributed by atoms with E-state index in [4.69, 9.17) is 0 Å². The summed E-state index contributed by atoms with van der Waals surface area (Å²) in [5.74, 6) is 0.155. The van der Waals surface area contributed by atoms with Gasteiger partial charge in [0.15, 0.2) is 5.17 Å². The summed E-state index contributed by atoms with van der Waals surface area (Å²) in [7, 11) is 0. The van der Waals surface area contributed by atoms with Crippen LogP contribution in [-0.2, 0) is 4.79 Å². The summed E-state index contributed by atoms with van der Waals surface area (Å²) in [6.45, 7) is 10.5. The van der Waals surface area contributed by atoms with E-state index in [-0.39, 0.29) is 11.9 Å². The van der Waals surface area contributed by atoms with Gasteiger partial charge in [0.05, 0.1) is 6.54 Å². The monoisotopic (exact) mass is 271 g/mol. The Balaban J connectivity index is 2.41. The molecule has 0 aromatic rings. The van der Waals surface area contributed by atoms with Crippen LogP contribution in [0.5, 0.6) is 0 Å². The van der Waals surface area contributed by atoms with Crippen LogP contribution in [0.1, 0.15) is 40.5 Å². The van der Waals surface area contributed by atoms with E-state index in [1.54, 1.807) is 11.8 Å².